The summed E-state index contributed by atoms with van der Waals surface area (Å²) in [7, 11) is -3.81. The molecule has 1 aromatic rings. The molecule has 0 spiro atoms. The van der Waals surface area contributed by atoms with Crippen LogP contribution in [0.1, 0.15) is 12.5 Å². The molecule has 0 fully saturated rings. The second kappa shape index (κ2) is 5.06. The first-order valence-corrected chi connectivity index (χ1v) is 5.92. The number of nitrogens with two attached hydrogens (primary N) is 1. The minimum absolute atomic E-state index is 0.00551. The average Bonchev–Trinajstić information content (AvgIpc) is 2.27. The summed E-state index contributed by atoms with van der Waals surface area (Å²) in [4.78, 5) is 16.4. The highest BCUT2D eigenvalue weighted by Gasteiger charge is 2.14. The molecule has 3 N–H and O–H groups in total. The Morgan fingerprint density at radius 2 is 1.94 bits per heavy atom. The Balaban J connectivity index is 2.85. The van der Waals surface area contributed by atoms with Crippen molar-refractivity contribution in [3.63, 3.8) is 0 Å². The van der Waals surface area contributed by atoms with Crippen LogP contribution in [0.15, 0.2) is 29.2 Å². The van der Waals surface area contributed by atoms with Crippen LogP contribution in [0.2, 0.25) is 0 Å². The second-order valence-electron chi connectivity index (χ2n) is 3.03. The zero-order valence-corrected chi connectivity index (χ0v) is 9.45. The first kappa shape index (κ1) is 12.6. The van der Waals surface area contributed by atoms with E-state index in [1.54, 1.807) is 17.0 Å². The van der Waals surface area contributed by atoms with Crippen LogP contribution >= 0.6 is 0 Å². The fourth-order valence-electron chi connectivity index (χ4n) is 0.966. The minimum Gasteiger partial charge on any atom is -0.356 e. The standard InChI is InChI=1S/C9H12N2O4S/c1-7(12)15-11-16(13,14)9-4-2-8(6-10)3-5-9/h2-5,11H,6,10H2,1H3. The highest BCUT2D eigenvalue weighted by molar-refractivity contribution is 7.89. The van der Waals surface area contributed by atoms with Crippen molar-refractivity contribution < 1.29 is 18.0 Å². The van der Waals surface area contributed by atoms with Crippen molar-refractivity contribution in [1.29, 1.82) is 0 Å². The normalized spacial score (nSPS) is 11.1. The molecule has 1 rings (SSSR count). The Bertz CT molecular complexity index is 467. The van der Waals surface area contributed by atoms with E-state index < -0.39 is 16.0 Å². The fraction of sp³-hybridized carbons (Fsp3) is 0.222. The lowest BCUT2D eigenvalue weighted by Crippen LogP contribution is -2.26. The SMILES string of the molecule is CC(=O)ONS(=O)(=O)c1ccc(CN)cc1. The molecule has 6 nitrogen and oxygen atoms in total. The third kappa shape index (κ3) is 3.30. The van der Waals surface area contributed by atoms with E-state index in [0.717, 1.165) is 12.5 Å². The molecule has 0 aliphatic carbocycles. The van der Waals surface area contributed by atoms with Gasteiger partial charge >= 0.3 is 5.97 Å². The molecule has 0 saturated heterocycles. The Labute approximate surface area is 93.4 Å². The number of benzene rings is 1. The van der Waals surface area contributed by atoms with Crippen LogP contribution in [-0.2, 0) is 26.2 Å². The Morgan fingerprint density at radius 3 is 2.38 bits per heavy atom. The maximum atomic E-state index is 11.5. The Kier molecular flexibility index (Phi) is 3.99. The summed E-state index contributed by atoms with van der Waals surface area (Å²) < 4.78 is 23.0. The van der Waals surface area contributed by atoms with Crippen LogP contribution in [0.4, 0.5) is 0 Å². The summed E-state index contributed by atoms with van der Waals surface area (Å²) in [6.07, 6.45) is 0. The molecule has 16 heavy (non-hydrogen) atoms. The van der Waals surface area contributed by atoms with Gasteiger partial charge in [-0.05, 0) is 22.6 Å². The Hall–Kier alpha value is -1.44. The maximum absolute atomic E-state index is 11.5. The van der Waals surface area contributed by atoms with E-state index >= 15 is 0 Å². The predicted octanol–water partition coefficient (Wildman–Crippen LogP) is -0.0983. The topological polar surface area (TPSA) is 98.5 Å². The van der Waals surface area contributed by atoms with E-state index in [2.05, 4.69) is 4.84 Å². The highest BCUT2D eigenvalue weighted by Crippen LogP contribution is 2.09. The quantitative estimate of drug-likeness (QED) is 0.721. The molecule has 7 heteroatoms. The van der Waals surface area contributed by atoms with Gasteiger partial charge in [-0.15, -0.1) is 0 Å². The lowest BCUT2D eigenvalue weighted by atomic mass is 10.2. The van der Waals surface area contributed by atoms with Crippen molar-refractivity contribution in [2.45, 2.75) is 18.4 Å². The molecule has 0 saturated carbocycles. The lowest BCUT2D eigenvalue weighted by molar-refractivity contribution is -0.144. The zero-order valence-electron chi connectivity index (χ0n) is 8.64. The van der Waals surface area contributed by atoms with Gasteiger partial charge < -0.3 is 10.6 Å². The number of nitrogens with one attached hydrogen (secondary N) is 1. The molecule has 0 bridgehead atoms. The summed E-state index contributed by atoms with van der Waals surface area (Å²) in [5.74, 6) is -0.734. The van der Waals surface area contributed by atoms with E-state index in [-0.39, 0.29) is 4.90 Å². The van der Waals surface area contributed by atoms with Gasteiger partial charge in [0, 0.05) is 13.5 Å². The first-order valence-electron chi connectivity index (χ1n) is 4.44. The summed E-state index contributed by atoms with van der Waals surface area (Å²) in [6.45, 7) is 1.43. The summed E-state index contributed by atoms with van der Waals surface area (Å²) in [5.41, 5.74) is 6.18. The number of hydrogen-bond donors (Lipinski definition) is 2. The number of sulfonamides is 1. The second-order valence-corrected chi connectivity index (χ2v) is 4.67. The van der Waals surface area contributed by atoms with E-state index in [9.17, 15) is 13.2 Å². The molecule has 0 atom stereocenters. The van der Waals surface area contributed by atoms with Gasteiger partial charge in [0.1, 0.15) is 0 Å². The van der Waals surface area contributed by atoms with Gasteiger partial charge in [0.05, 0.1) is 4.90 Å². The zero-order chi connectivity index (χ0) is 12.2. The van der Waals surface area contributed by atoms with Crippen LogP contribution in [0, 0.1) is 0 Å². The third-order valence-corrected chi connectivity index (χ3v) is 2.96. The van der Waals surface area contributed by atoms with Crippen molar-refractivity contribution in [2.75, 3.05) is 0 Å². The van der Waals surface area contributed by atoms with Crippen LogP contribution in [-0.4, -0.2) is 14.4 Å². The largest absolute Gasteiger partial charge is 0.356 e. The molecule has 0 aliphatic heterocycles. The van der Waals surface area contributed by atoms with Gasteiger partial charge in [-0.2, -0.15) is 0 Å². The molecular formula is C9H12N2O4S. The fourth-order valence-corrected chi connectivity index (χ4v) is 1.78. The molecule has 0 amide bonds. The van der Waals surface area contributed by atoms with E-state index in [1.807, 2.05) is 0 Å². The van der Waals surface area contributed by atoms with E-state index in [0.29, 0.717) is 6.54 Å². The maximum Gasteiger partial charge on any atom is 0.323 e. The average molecular weight is 244 g/mol. The monoisotopic (exact) mass is 244 g/mol. The Morgan fingerprint density at radius 1 is 1.38 bits per heavy atom. The minimum atomic E-state index is -3.81. The van der Waals surface area contributed by atoms with E-state index in [4.69, 9.17) is 5.73 Å². The lowest BCUT2D eigenvalue weighted by Gasteiger charge is -2.05. The van der Waals surface area contributed by atoms with Gasteiger partial charge in [0.2, 0.25) is 0 Å². The van der Waals surface area contributed by atoms with Crippen molar-refractivity contribution in [3.05, 3.63) is 29.8 Å². The smallest absolute Gasteiger partial charge is 0.323 e. The predicted molar refractivity (Wildman–Crippen MR) is 56.4 cm³/mol. The molecule has 88 valence electrons. The molecule has 0 heterocycles. The van der Waals surface area contributed by atoms with Gasteiger partial charge in [-0.3, -0.25) is 4.79 Å². The van der Waals surface area contributed by atoms with Crippen molar-refractivity contribution in [3.8, 4) is 0 Å². The van der Waals surface area contributed by atoms with Crippen molar-refractivity contribution >= 4 is 16.0 Å². The van der Waals surface area contributed by atoms with Crippen molar-refractivity contribution in [2.24, 2.45) is 5.73 Å². The molecular weight excluding hydrogens is 232 g/mol. The summed E-state index contributed by atoms with van der Waals surface area (Å²) >= 11 is 0. The first-order chi connectivity index (χ1) is 7.45. The highest BCUT2D eigenvalue weighted by atomic mass is 32.2. The molecule has 0 unspecified atom stereocenters. The van der Waals surface area contributed by atoms with Gasteiger partial charge in [0.15, 0.2) is 0 Å². The summed E-state index contributed by atoms with van der Waals surface area (Å²) in [5, 5.41) is 0. The van der Waals surface area contributed by atoms with E-state index in [1.165, 1.54) is 12.1 Å². The number of carbonyl (C=O) groups is 1. The summed E-state index contributed by atoms with van der Waals surface area (Å²) in [6, 6.07) is 5.94. The van der Waals surface area contributed by atoms with Crippen molar-refractivity contribution in [1.82, 2.24) is 4.89 Å². The van der Waals surface area contributed by atoms with Gasteiger partial charge in [-0.25, -0.2) is 8.42 Å². The van der Waals surface area contributed by atoms with Crippen LogP contribution in [0.25, 0.3) is 0 Å². The number of rotatable bonds is 4. The molecule has 0 aliphatic rings. The number of hydrogen-bond acceptors (Lipinski definition) is 5. The molecule has 1 aromatic carbocycles. The molecule has 0 aromatic heterocycles. The third-order valence-electron chi connectivity index (χ3n) is 1.76. The van der Waals surface area contributed by atoms with Crippen LogP contribution < -0.4 is 10.6 Å². The van der Waals surface area contributed by atoms with Crippen LogP contribution in [0.5, 0.6) is 0 Å². The van der Waals surface area contributed by atoms with Gasteiger partial charge in [0.25, 0.3) is 10.0 Å². The number of carbonyl (C=O) groups excluding carboxylic acids is 1. The molecule has 0 radical (unpaired) electrons. The van der Waals surface area contributed by atoms with Gasteiger partial charge in [-0.1, -0.05) is 12.1 Å². The van der Waals surface area contributed by atoms with Crippen LogP contribution in [0.3, 0.4) is 0 Å².